The summed E-state index contributed by atoms with van der Waals surface area (Å²) in [4.78, 5) is 47.0. The molecule has 14 nitrogen and oxygen atoms in total. The van der Waals surface area contributed by atoms with Crippen LogP contribution in [0.2, 0.25) is 5.02 Å². The van der Waals surface area contributed by atoms with Crippen molar-refractivity contribution in [3.8, 4) is 6.07 Å². The number of benzene rings is 2. The highest BCUT2D eigenvalue weighted by Crippen LogP contribution is 2.59. The number of nitriles is 1. The van der Waals surface area contributed by atoms with Crippen LogP contribution in [-0.2, 0) is 16.0 Å². The molecule has 0 spiro atoms. The molecule has 15 heteroatoms. The zero-order valence-electron chi connectivity index (χ0n) is 43.0. The average molecular weight is 976 g/mol. The molecule has 1 aliphatic carbocycles. The van der Waals surface area contributed by atoms with E-state index in [-0.39, 0.29) is 6.04 Å². The molecular formula is C55H79ClN12O2. The van der Waals surface area contributed by atoms with Gasteiger partial charge in [0.05, 0.1) is 27.9 Å². The molecule has 3 aromatic rings. The van der Waals surface area contributed by atoms with Crippen molar-refractivity contribution in [2.45, 2.75) is 92.0 Å². The van der Waals surface area contributed by atoms with E-state index in [1.807, 2.05) is 55.7 Å². The summed E-state index contributed by atoms with van der Waals surface area (Å²) in [5.74, 6) is 1.15. The fraction of sp³-hybridized carbons (Fsp3) is 0.491. The number of aromatic nitrogens is 1. The minimum atomic E-state index is 0.164. The first-order valence-electron chi connectivity index (χ1n) is 24.4. The maximum Gasteiger partial charge on any atom is 0.207 e. The lowest BCUT2D eigenvalue weighted by molar-refractivity contribution is -0.109. The fourth-order valence-corrected chi connectivity index (χ4v) is 10.4. The van der Waals surface area contributed by atoms with Crippen LogP contribution in [0.5, 0.6) is 0 Å². The number of carbonyl (C=O) groups excluding carboxylic acids is 2. The summed E-state index contributed by atoms with van der Waals surface area (Å²) in [5, 5.41) is 17.5. The lowest BCUT2D eigenvalue weighted by Gasteiger charge is -2.58. The first-order valence-corrected chi connectivity index (χ1v) is 24.8. The molecule has 2 heterocycles. The Hall–Kier alpha value is -5.85. The molecule has 378 valence electrons. The number of carbonyl (C=O) groups is 2. The number of rotatable bonds is 23. The van der Waals surface area contributed by atoms with E-state index in [2.05, 4.69) is 88.6 Å². The standard InChI is InChI=1S/C38H54N10O2.C16H20ClN.CH5N/c1-5-33(38(40)34-8-6-7-30-19-37(46-24-35(30)34)31(20-39)23-43-4)36(11-16-45-27-50)47-32-12-17-48(18-13-32)25-28(9-14-41-2)10-15-44-22-29(26-49)21-42-3;1-15(2)10-16(3,4)14(15)8-11-5-6-12(9-18)13(17)7-11;1-2/h6-8,19-24,26-28,32,41H,3,5,9-18,25,39-40H2,1-2,4H3,(H,45,50);5-7,14H,8,10H2,1-4H3;2H2,1H3/b29-21+,31-20+,38-33-,43-23?,44-22?,47-36?;;. The van der Waals surface area contributed by atoms with Gasteiger partial charge in [-0.15, -0.1) is 0 Å². The molecule has 8 N–H and O–H groups in total. The van der Waals surface area contributed by atoms with Crippen LogP contribution >= 0.6 is 11.6 Å². The monoisotopic (exact) mass is 975 g/mol. The van der Waals surface area contributed by atoms with Gasteiger partial charge in [-0.25, -0.2) is 0 Å². The molecular weight excluding hydrogens is 896 g/mol. The largest absolute Gasteiger partial charge is 0.404 e. The van der Waals surface area contributed by atoms with E-state index in [0.717, 1.165) is 110 Å². The zero-order chi connectivity index (χ0) is 51.7. The maximum atomic E-state index is 11.1. The molecule has 0 radical (unpaired) electrons. The summed E-state index contributed by atoms with van der Waals surface area (Å²) in [6, 6.07) is 16.1. The van der Waals surface area contributed by atoms with Crippen LogP contribution in [0.3, 0.4) is 0 Å². The normalized spacial score (nSPS) is 17.4. The van der Waals surface area contributed by atoms with E-state index in [1.54, 1.807) is 19.5 Å². The van der Waals surface area contributed by atoms with Gasteiger partial charge in [-0.3, -0.25) is 34.5 Å². The first kappa shape index (κ1) is 58.5. The number of hydrogen-bond acceptors (Lipinski definition) is 13. The van der Waals surface area contributed by atoms with Gasteiger partial charge in [0, 0.05) is 105 Å². The fourth-order valence-electron chi connectivity index (χ4n) is 10.2. The molecule has 1 atom stereocenters. The van der Waals surface area contributed by atoms with Gasteiger partial charge in [0.2, 0.25) is 6.41 Å². The predicted octanol–water partition coefficient (Wildman–Crippen LogP) is 8.23. The Morgan fingerprint density at radius 1 is 1.07 bits per heavy atom. The first-order chi connectivity index (χ1) is 33.7. The highest BCUT2D eigenvalue weighted by atomic mass is 35.5. The van der Waals surface area contributed by atoms with Gasteiger partial charge >= 0.3 is 0 Å². The Balaban J connectivity index is 0.000000536. The Bertz CT molecular complexity index is 2390. The van der Waals surface area contributed by atoms with Gasteiger partial charge in [-0.1, -0.05) is 70.5 Å². The summed E-state index contributed by atoms with van der Waals surface area (Å²) in [7, 11) is 5.17. The third-order valence-electron chi connectivity index (χ3n) is 13.3. The predicted molar refractivity (Wildman–Crippen MR) is 295 cm³/mol. The lowest BCUT2D eigenvalue weighted by Crippen LogP contribution is -2.51. The highest BCUT2D eigenvalue weighted by Gasteiger charge is 2.52. The van der Waals surface area contributed by atoms with Crippen molar-refractivity contribution in [1.82, 2.24) is 20.5 Å². The number of aliphatic imine (C=N–C) groups is 4. The Morgan fingerprint density at radius 2 is 1.80 bits per heavy atom. The van der Waals surface area contributed by atoms with Gasteiger partial charge in [-0.05, 0) is 130 Å². The van der Waals surface area contributed by atoms with Gasteiger partial charge in [-0.2, -0.15) is 5.26 Å². The number of hydrogen-bond donors (Lipinski definition) is 5. The molecule has 2 aliphatic rings. The Kier molecular flexibility index (Phi) is 25.1. The minimum Gasteiger partial charge on any atom is -0.404 e. The number of fused-ring (bicyclic) bond motifs is 1. The second-order valence-corrected chi connectivity index (χ2v) is 19.5. The van der Waals surface area contributed by atoms with Crippen molar-refractivity contribution in [3.63, 3.8) is 0 Å². The number of piperidine rings is 1. The van der Waals surface area contributed by atoms with Crippen LogP contribution in [0.25, 0.3) is 22.0 Å². The van der Waals surface area contributed by atoms with Crippen molar-refractivity contribution < 1.29 is 9.59 Å². The number of nitrogens with zero attached hydrogens (tertiary/aromatic N) is 7. The molecule has 1 unspecified atom stereocenters. The van der Waals surface area contributed by atoms with E-state index in [0.29, 0.717) is 70.5 Å². The average Bonchev–Trinajstić information content (AvgIpc) is 3.35. The number of likely N-dealkylation sites (tertiary alicyclic amines) is 1. The number of pyridine rings is 1. The van der Waals surface area contributed by atoms with E-state index in [4.69, 9.17) is 33.3 Å². The molecule has 1 saturated heterocycles. The topological polar surface area (TPSA) is 226 Å². The highest BCUT2D eigenvalue weighted by molar-refractivity contribution is 6.31. The number of nitrogens with one attached hydrogen (secondary N) is 2. The molecule has 1 amide bonds. The van der Waals surface area contributed by atoms with Crippen LogP contribution in [0.4, 0.5) is 0 Å². The summed E-state index contributed by atoms with van der Waals surface area (Å²) in [6.07, 6.45) is 17.0. The van der Waals surface area contributed by atoms with Crippen molar-refractivity contribution in [3.05, 3.63) is 99.6 Å². The molecule has 2 fully saturated rings. The molecule has 1 aliphatic heterocycles. The number of amides is 1. The molecule has 5 rings (SSSR count). The van der Waals surface area contributed by atoms with Crippen molar-refractivity contribution in [1.29, 1.82) is 5.26 Å². The van der Waals surface area contributed by atoms with E-state index >= 15 is 0 Å². The Labute approximate surface area is 422 Å². The Morgan fingerprint density at radius 3 is 2.39 bits per heavy atom. The van der Waals surface area contributed by atoms with E-state index in [1.165, 1.54) is 31.4 Å². The number of aldehydes is 1. The van der Waals surface area contributed by atoms with Gasteiger partial charge in [0.15, 0.2) is 6.29 Å². The van der Waals surface area contributed by atoms with Crippen LogP contribution in [0, 0.1) is 34.0 Å². The molecule has 1 aromatic heterocycles. The second-order valence-electron chi connectivity index (χ2n) is 19.1. The third-order valence-corrected chi connectivity index (χ3v) is 13.6. The van der Waals surface area contributed by atoms with E-state index < -0.39 is 0 Å². The van der Waals surface area contributed by atoms with E-state index in [9.17, 15) is 9.59 Å². The van der Waals surface area contributed by atoms with Crippen LogP contribution in [-0.4, -0.2) is 114 Å². The zero-order valence-corrected chi connectivity index (χ0v) is 43.7. The third kappa shape index (κ3) is 17.2. The van der Waals surface area contributed by atoms with Crippen molar-refractivity contribution >= 4 is 71.2 Å². The number of halogens is 1. The summed E-state index contributed by atoms with van der Waals surface area (Å²) in [5.41, 5.74) is 25.3. The molecule has 70 heavy (non-hydrogen) atoms. The molecule has 2 aromatic carbocycles. The van der Waals surface area contributed by atoms with Crippen LogP contribution in [0.1, 0.15) is 102 Å². The van der Waals surface area contributed by atoms with Crippen LogP contribution < -0.4 is 27.8 Å². The summed E-state index contributed by atoms with van der Waals surface area (Å²) >= 11 is 6.09. The molecule has 1 saturated carbocycles. The smallest absolute Gasteiger partial charge is 0.207 e. The van der Waals surface area contributed by atoms with Crippen molar-refractivity contribution in [2.75, 3.05) is 60.4 Å². The SMILES string of the molecule is C=N/C=C(/C=O)C=NCCC(CCNC)CN1CCC(N=C(CCNC=O)/C(CC)=C(\N)c2cccc3cc(/C(C=NC)=C/N)ncc23)CC1.CC1(C)CC(C)(C)C1Cc1ccc(C#N)c(Cl)c1.CN. The maximum absolute atomic E-state index is 11.1. The second kappa shape index (κ2) is 30.0. The number of allylic oxidation sites excluding steroid dienone is 3. The quantitative estimate of drug-likeness (QED) is 0.0267. The number of nitrogens with two attached hydrogens (primary N) is 3. The lowest BCUT2D eigenvalue weighted by atomic mass is 9.47. The summed E-state index contributed by atoms with van der Waals surface area (Å²) < 4.78 is 0. The molecule has 0 bridgehead atoms. The van der Waals surface area contributed by atoms with Gasteiger partial charge < -0.3 is 32.7 Å². The van der Waals surface area contributed by atoms with Gasteiger partial charge in [0.1, 0.15) is 6.07 Å². The minimum absolute atomic E-state index is 0.164. The van der Waals surface area contributed by atoms with Gasteiger partial charge in [0.25, 0.3) is 0 Å². The van der Waals surface area contributed by atoms with Crippen LogP contribution in [0.15, 0.2) is 92.2 Å². The summed E-state index contributed by atoms with van der Waals surface area (Å²) in [6.45, 7) is 19.8. The van der Waals surface area contributed by atoms with Crippen molar-refractivity contribution in [2.24, 2.45) is 59.8 Å².